The fourth-order valence-corrected chi connectivity index (χ4v) is 2.06. The van der Waals surface area contributed by atoms with Gasteiger partial charge < -0.3 is 11.1 Å². The van der Waals surface area contributed by atoms with Gasteiger partial charge in [0.15, 0.2) is 0 Å². The zero-order valence-electron chi connectivity index (χ0n) is 11.3. The van der Waals surface area contributed by atoms with Crippen LogP contribution in [-0.4, -0.2) is 5.91 Å². The van der Waals surface area contributed by atoms with Crippen molar-refractivity contribution in [3.63, 3.8) is 0 Å². The molecule has 0 heterocycles. The number of halogens is 1. The maximum atomic E-state index is 12.0. The van der Waals surface area contributed by atoms with E-state index in [-0.39, 0.29) is 5.91 Å². The summed E-state index contributed by atoms with van der Waals surface area (Å²) in [6, 6.07) is 14.4. The Bertz CT molecular complexity index is 596. The highest BCUT2D eigenvalue weighted by molar-refractivity contribution is 6.31. The summed E-state index contributed by atoms with van der Waals surface area (Å²) in [6.45, 7) is 2.37. The van der Waals surface area contributed by atoms with Crippen molar-refractivity contribution in [1.82, 2.24) is 5.32 Å². The van der Waals surface area contributed by atoms with Crippen molar-refractivity contribution >= 4 is 17.5 Å². The molecule has 0 aliphatic heterocycles. The fraction of sp³-hybridized carbons (Fsp3) is 0.188. The van der Waals surface area contributed by atoms with Crippen LogP contribution in [0.1, 0.15) is 22.7 Å². The van der Waals surface area contributed by atoms with Crippen molar-refractivity contribution in [2.45, 2.75) is 19.5 Å². The van der Waals surface area contributed by atoms with Crippen LogP contribution in [0.15, 0.2) is 48.5 Å². The number of carbonyl (C=O) groups is 1. The third-order valence-corrected chi connectivity index (χ3v) is 3.50. The number of nitrogens with one attached hydrogen (secondary N) is 1. The number of hydrogen-bond donors (Lipinski definition) is 2. The van der Waals surface area contributed by atoms with Gasteiger partial charge >= 0.3 is 0 Å². The fourth-order valence-electron chi connectivity index (χ4n) is 1.86. The average molecular weight is 289 g/mol. The van der Waals surface area contributed by atoms with Gasteiger partial charge in [-0.2, -0.15) is 0 Å². The molecule has 0 radical (unpaired) electrons. The molecule has 0 aliphatic rings. The van der Waals surface area contributed by atoms with Crippen LogP contribution < -0.4 is 11.1 Å². The molecular weight excluding hydrogens is 272 g/mol. The van der Waals surface area contributed by atoms with Crippen LogP contribution in [0.4, 0.5) is 0 Å². The Labute approximate surface area is 123 Å². The van der Waals surface area contributed by atoms with Crippen molar-refractivity contribution in [3.8, 4) is 0 Å². The predicted molar refractivity (Wildman–Crippen MR) is 81.4 cm³/mol. The van der Waals surface area contributed by atoms with Gasteiger partial charge in [-0.1, -0.05) is 59.6 Å². The van der Waals surface area contributed by atoms with E-state index in [0.717, 1.165) is 16.7 Å². The number of hydrogen-bond acceptors (Lipinski definition) is 2. The Morgan fingerprint density at radius 3 is 2.50 bits per heavy atom. The lowest BCUT2D eigenvalue weighted by atomic mass is 10.1. The molecule has 1 unspecified atom stereocenters. The molecule has 20 heavy (non-hydrogen) atoms. The minimum atomic E-state index is -0.668. The van der Waals surface area contributed by atoms with Gasteiger partial charge in [0.25, 0.3) is 0 Å². The van der Waals surface area contributed by atoms with Gasteiger partial charge in [-0.15, -0.1) is 0 Å². The SMILES string of the molecule is Cc1ccc(C(N)C(=O)NCc2ccccc2Cl)cc1. The summed E-state index contributed by atoms with van der Waals surface area (Å²) < 4.78 is 0. The van der Waals surface area contributed by atoms with E-state index in [0.29, 0.717) is 11.6 Å². The monoisotopic (exact) mass is 288 g/mol. The molecule has 1 amide bonds. The first-order valence-corrected chi connectivity index (χ1v) is 6.79. The number of nitrogens with two attached hydrogens (primary N) is 1. The summed E-state index contributed by atoms with van der Waals surface area (Å²) >= 11 is 6.04. The van der Waals surface area contributed by atoms with Crippen LogP contribution >= 0.6 is 11.6 Å². The zero-order valence-corrected chi connectivity index (χ0v) is 12.0. The molecule has 2 aromatic carbocycles. The Balaban J connectivity index is 1.98. The average Bonchev–Trinajstić information content (AvgIpc) is 2.46. The van der Waals surface area contributed by atoms with Crippen LogP contribution in [0.3, 0.4) is 0 Å². The number of amides is 1. The van der Waals surface area contributed by atoms with E-state index in [9.17, 15) is 4.79 Å². The molecule has 0 saturated heterocycles. The molecular formula is C16H17ClN2O. The van der Waals surface area contributed by atoms with Gasteiger partial charge in [0.1, 0.15) is 6.04 Å². The van der Waals surface area contributed by atoms with E-state index in [1.807, 2.05) is 49.4 Å². The summed E-state index contributed by atoms with van der Waals surface area (Å²) in [5.74, 6) is -0.214. The standard InChI is InChI=1S/C16H17ClN2O/c1-11-6-8-12(9-7-11)15(18)16(20)19-10-13-4-2-3-5-14(13)17/h2-9,15H,10,18H2,1H3,(H,19,20). The maximum absolute atomic E-state index is 12.0. The van der Waals surface area contributed by atoms with Crippen molar-refractivity contribution in [2.75, 3.05) is 0 Å². The van der Waals surface area contributed by atoms with Crippen LogP contribution in [0.5, 0.6) is 0 Å². The molecule has 2 rings (SSSR count). The smallest absolute Gasteiger partial charge is 0.241 e. The van der Waals surface area contributed by atoms with E-state index in [4.69, 9.17) is 17.3 Å². The second kappa shape index (κ2) is 6.55. The van der Waals surface area contributed by atoms with E-state index in [1.165, 1.54) is 0 Å². The van der Waals surface area contributed by atoms with E-state index in [1.54, 1.807) is 6.07 Å². The molecule has 3 N–H and O–H groups in total. The first-order valence-electron chi connectivity index (χ1n) is 6.41. The van der Waals surface area contributed by atoms with Gasteiger partial charge in [0.05, 0.1) is 0 Å². The lowest BCUT2D eigenvalue weighted by molar-refractivity contribution is -0.122. The maximum Gasteiger partial charge on any atom is 0.241 e. The second-order valence-electron chi connectivity index (χ2n) is 4.70. The lowest BCUT2D eigenvalue weighted by Gasteiger charge is -2.13. The highest BCUT2D eigenvalue weighted by Gasteiger charge is 2.15. The van der Waals surface area contributed by atoms with Crippen LogP contribution in [-0.2, 0) is 11.3 Å². The number of benzene rings is 2. The van der Waals surface area contributed by atoms with Crippen LogP contribution in [0.2, 0.25) is 5.02 Å². The molecule has 4 heteroatoms. The quantitative estimate of drug-likeness (QED) is 0.909. The van der Waals surface area contributed by atoms with Crippen molar-refractivity contribution < 1.29 is 4.79 Å². The number of carbonyl (C=O) groups excluding carboxylic acids is 1. The molecule has 3 nitrogen and oxygen atoms in total. The third-order valence-electron chi connectivity index (χ3n) is 3.13. The second-order valence-corrected chi connectivity index (χ2v) is 5.10. The number of aryl methyl sites for hydroxylation is 1. The Hall–Kier alpha value is -1.84. The van der Waals surface area contributed by atoms with Crippen molar-refractivity contribution in [1.29, 1.82) is 0 Å². The first kappa shape index (κ1) is 14.6. The minimum absolute atomic E-state index is 0.214. The Morgan fingerprint density at radius 1 is 1.20 bits per heavy atom. The Morgan fingerprint density at radius 2 is 1.85 bits per heavy atom. The van der Waals surface area contributed by atoms with Crippen LogP contribution in [0, 0.1) is 6.92 Å². The number of rotatable bonds is 4. The van der Waals surface area contributed by atoms with Crippen molar-refractivity contribution in [2.24, 2.45) is 5.73 Å². The third kappa shape index (κ3) is 3.59. The highest BCUT2D eigenvalue weighted by Crippen LogP contribution is 2.15. The largest absolute Gasteiger partial charge is 0.350 e. The highest BCUT2D eigenvalue weighted by atomic mass is 35.5. The molecule has 1 atom stereocenters. The Kier molecular flexibility index (Phi) is 4.77. The zero-order chi connectivity index (χ0) is 14.5. The molecule has 104 valence electrons. The summed E-state index contributed by atoms with van der Waals surface area (Å²) in [6.07, 6.45) is 0. The first-order chi connectivity index (χ1) is 9.58. The summed E-state index contributed by atoms with van der Waals surface area (Å²) in [4.78, 5) is 12.0. The summed E-state index contributed by atoms with van der Waals surface area (Å²) in [5.41, 5.74) is 8.75. The molecule has 0 aliphatic carbocycles. The lowest BCUT2D eigenvalue weighted by Crippen LogP contribution is -2.33. The van der Waals surface area contributed by atoms with E-state index >= 15 is 0 Å². The van der Waals surface area contributed by atoms with Gasteiger partial charge in [0, 0.05) is 11.6 Å². The minimum Gasteiger partial charge on any atom is -0.350 e. The molecule has 0 fully saturated rings. The van der Waals surface area contributed by atoms with E-state index < -0.39 is 6.04 Å². The van der Waals surface area contributed by atoms with Gasteiger partial charge in [-0.25, -0.2) is 0 Å². The molecule has 0 spiro atoms. The van der Waals surface area contributed by atoms with Gasteiger partial charge in [0.2, 0.25) is 5.91 Å². The topological polar surface area (TPSA) is 55.1 Å². The van der Waals surface area contributed by atoms with Crippen molar-refractivity contribution in [3.05, 3.63) is 70.2 Å². The molecule has 0 bridgehead atoms. The van der Waals surface area contributed by atoms with Crippen LogP contribution in [0.25, 0.3) is 0 Å². The molecule has 0 saturated carbocycles. The molecule has 0 aromatic heterocycles. The molecule has 2 aromatic rings. The van der Waals surface area contributed by atoms with Gasteiger partial charge in [-0.3, -0.25) is 4.79 Å². The predicted octanol–water partition coefficient (Wildman–Crippen LogP) is 2.96. The normalized spacial score (nSPS) is 11.9. The summed E-state index contributed by atoms with van der Waals surface area (Å²) in [7, 11) is 0. The van der Waals surface area contributed by atoms with E-state index in [2.05, 4.69) is 5.32 Å². The summed E-state index contributed by atoms with van der Waals surface area (Å²) in [5, 5.41) is 3.44. The van der Waals surface area contributed by atoms with Gasteiger partial charge in [-0.05, 0) is 24.1 Å².